The molecule has 1 aromatic heterocycles. The SMILES string of the molecule is c1coc(COCCCNC2CCCC2C2CCCN2)c1. The summed E-state index contributed by atoms with van der Waals surface area (Å²) in [5, 5.41) is 7.44. The van der Waals surface area contributed by atoms with Crippen molar-refractivity contribution >= 4 is 0 Å². The van der Waals surface area contributed by atoms with E-state index in [4.69, 9.17) is 9.15 Å². The quantitative estimate of drug-likeness (QED) is 0.723. The Morgan fingerprint density at radius 2 is 2.29 bits per heavy atom. The van der Waals surface area contributed by atoms with Crippen LogP contribution in [0.5, 0.6) is 0 Å². The fourth-order valence-corrected chi connectivity index (χ4v) is 3.83. The van der Waals surface area contributed by atoms with Crippen molar-refractivity contribution in [2.75, 3.05) is 19.7 Å². The molecule has 0 bridgehead atoms. The zero-order valence-corrected chi connectivity index (χ0v) is 12.9. The molecule has 0 spiro atoms. The fourth-order valence-electron chi connectivity index (χ4n) is 3.83. The van der Waals surface area contributed by atoms with Crippen LogP contribution in [-0.4, -0.2) is 31.8 Å². The summed E-state index contributed by atoms with van der Waals surface area (Å²) in [6.07, 6.45) is 9.61. The average Bonchev–Trinajstić information content (AvgIpc) is 3.23. The van der Waals surface area contributed by atoms with Gasteiger partial charge in [-0.2, -0.15) is 0 Å². The maximum Gasteiger partial charge on any atom is 0.129 e. The van der Waals surface area contributed by atoms with Crippen LogP contribution in [0.4, 0.5) is 0 Å². The first-order valence-corrected chi connectivity index (χ1v) is 8.50. The Morgan fingerprint density at radius 1 is 1.29 bits per heavy atom. The largest absolute Gasteiger partial charge is 0.467 e. The normalized spacial score (nSPS) is 29.2. The van der Waals surface area contributed by atoms with E-state index in [9.17, 15) is 0 Å². The van der Waals surface area contributed by atoms with E-state index in [1.54, 1.807) is 6.26 Å². The number of hydrogen-bond donors (Lipinski definition) is 2. The number of rotatable bonds is 8. The zero-order chi connectivity index (χ0) is 14.3. The van der Waals surface area contributed by atoms with E-state index < -0.39 is 0 Å². The van der Waals surface area contributed by atoms with Crippen LogP contribution >= 0.6 is 0 Å². The Kier molecular flexibility index (Phi) is 5.72. The Balaban J connectivity index is 1.28. The van der Waals surface area contributed by atoms with Gasteiger partial charge < -0.3 is 19.8 Å². The minimum atomic E-state index is 0.588. The van der Waals surface area contributed by atoms with E-state index in [1.165, 1.54) is 38.6 Å². The Labute approximate surface area is 127 Å². The molecule has 21 heavy (non-hydrogen) atoms. The van der Waals surface area contributed by atoms with Gasteiger partial charge in [0.25, 0.3) is 0 Å². The molecule has 3 unspecified atom stereocenters. The Hall–Kier alpha value is -0.840. The number of ether oxygens (including phenoxy) is 1. The monoisotopic (exact) mass is 292 g/mol. The van der Waals surface area contributed by atoms with Crippen LogP contribution in [0.2, 0.25) is 0 Å². The van der Waals surface area contributed by atoms with Gasteiger partial charge in [-0.15, -0.1) is 0 Å². The van der Waals surface area contributed by atoms with Gasteiger partial charge in [-0.1, -0.05) is 6.42 Å². The summed E-state index contributed by atoms with van der Waals surface area (Å²) in [6, 6.07) is 5.33. The molecule has 0 aromatic carbocycles. The van der Waals surface area contributed by atoms with Crippen molar-refractivity contribution in [3.8, 4) is 0 Å². The lowest BCUT2D eigenvalue weighted by molar-refractivity contribution is 0.103. The maximum absolute atomic E-state index is 5.62. The number of hydrogen-bond acceptors (Lipinski definition) is 4. The first kappa shape index (κ1) is 15.1. The van der Waals surface area contributed by atoms with Gasteiger partial charge in [-0.3, -0.25) is 0 Å². The van der Waals surface area contributed by atoms with Gasteiger partial charge in [-0.25, -0.2) is 0 Å². The zero-order valence-electron chi connectivity index (χ0n) is 12.9. The molecule has 118 valence electrons. The van der Waals surface area contributed by atoms with Gasteiger partial charge in [0.15, 0.2) is 0 Å². The van der Waals surface area contributed by atoms with Crippen LogP contribution in [0, 0.1) is 5.92 Å². The molecule has 4 nitrogen and oxygen atoms in total. The van der Waals surface area contributed by atoms with Crippen LogP contribution in [0.1, 0.15) is 44.3 Å². The lowest BCUT2D eigenvalue weighted by Crippen LogP contribution is -2.42. The molecule has 1 saturated heterocycles. The maximum atomic E-state index is 5.62. The molecule has 3 rings (SSSR count). The van der Waals surface area contributed by atoms with Crippen molar-refractivity contribution in [3.63, 3.8) is 0 Å². The average molecular weight is 292 g/mol. The molecule has 3 atom stereocenters. The Morgan fingerprint density at radius 3 is 3.10 bits per heavy atom. The molecule has 1 aromatic rings. The third kappa shape index (κ3) is 4.31. The molecule has 0 radical (unpaired) electrons. The predicted molar refractivity (Wildman–Crippen MR) is 83.1 cm³/mol. The van der Waals surface area contributed by atoms with E-state index in [-0.39, 0.29) is 0 Å². The second-order valence-electron chi connectivity index (χ2n) is 6.34. The van der Waals surface area contributed by atoms with Gasteiger partial charge in [-0.05, 0) is 63.2 Å². The summed E-state index contributed by atoms with van der Waals surface area (Å²) >= 11 is 0. The van der Waals surface area contributed by atoms with Crippen molar-refractivity contribution in [3.05, 3.63) is 24.2 Å². The summed E-state index contributed by atoms with van der Waals surface area (Å²) in [5.41, 5.74) is 0. The minimum absolute atomic E-state index is 0.588. The number of furan rings is 1. The highest BCUT2D eigenvalue weighted by Crippen LogP contribution is 2.31. The molecular weight excluding hydrogens is 264 g/mol. The van der Waals surface area contributed by atoms with Crippen LogP contribution in [0.3, 0.4) is 0 Å². The minimum Gasteiger partial charge on any atom is -0.467 e. The molecule has 2 fully saturated rings. The summed E-state index contributed by atoms with van der Waals surface area (Å²) < 4.78 is 10.9. The third-order valence-corrected chi connectivity index (χ3v) is 4.88. The molecule has 2 aliphatic rings. The first-order valence-electron chi connectivity index (χ1n) is 8.50. The van der Waals surface area contributed by atoms with Crippen molar-refractivity contribution in [1.82, 2.24) is 10.6 Å². The summed E-state index contributed by atoms with van der Waals surface area (Å²) in [6.45, 7) is 3.67. The van der Waals surface area contributed by atoms with E-state index in [1.807, 2.05) is 12.1 Å². The van der Waals surface area contributed by atoms with E-state index in [2.05, 4.69) is 10.6 Å². The molecule has 1 aliphatic heterocycles. The van der Waals surface area contributed by atoms with E-state index in [0.29, 0.717) is 12.6 Å². The second-order valence-corrected chi connectivity index (χ2v) is 6.34. The summed E-state index contributed by atoms with van der Waals surface area (Å²) in [5.74, 6) is 1.75. The van der Waals surface area contributed by atoms with E-state index in [0.717, 1.165) is 37.3 Å². The highest BCUT2D eigenvalue weighted by Gasteiger charge is 2.34. The van der Waals surface area contributed by atoms with Crippen LogP contribution in [0.15, 0.2) is 22.8 Å². The molecule has 1 aliphatic carbocycles. The van der Waals surface area contributed by atoms with Crippen LogP contribution in [0.25, 0.3) is 0 Å². The first-order chi connectivity index (χ1) is 10.4. The van der Waals surface area contributed by atoms with Crippen molar-refractivity contribution in [2.24, 2.45) is 5.92 Å². The number of nitrogens with one attached hydrogen (secondary N) is 2. The highest BCUT2D eigenvalue weighted by molar-refractivity contribution is 4.96. The highest BCUT2D eigenvalue weighted by atomic mass is 16.5. The summed E-state index contributed by atoms with van der Waals surface area (Å²) in [4.78, 5) is 0. The van der Waals surface area contributed by atoms with Gasteiger partial charge in [0.05, 0.1) is 6.26 Å². The molecule has 4 heteroatoms. The fraction of sp³-hybridized carbons (Fsp3) is 0.765. The molecule has 2 N–H and O–H groups in total. The lowest BCUT2D eigenvalue weighted by Gasteiger charge is -2.26. The molecule has 1 saturated carbocycles. The van der Waals surface area contributed by atoms with Gasteiger partial charge >= 0.3 is 0 Å². The lowest BCUT2D eigenvalue weighted by atomic mass is 9.93. The standard InChI is InChI=1S/C17H28N2O2/c1-6-15(17-8-2-9-18-17)16(7-1)19-10-4-11-20-13-14-5-3-12-21-14/h3,5,12,15-19H,1-2,4,6-11,13H2. The van der Waals surface area contributed by atoms with Crippen molar-refractivity contribution < 1.29 is 9.15 Å². The topological polar surface area (TPSA) is 46.4 Å². The van der Waals surface area contributed by atoms with Gasteiger partial charge in [0, 0.05) is 18.7 Å². The van der Waals surface area contributed by atoms with Crippen molar-refractivity contribution in [2.45, 2.75) is 57.2 Å². The van der Waals surface area contributed by atoms with Gasteiger partial charge in [0.1, 0.15) is 12.4 Å². The van der Waals surface area contributed by atoms with Crippen LogP contribution < -0.4 is 10.6 Å². The Bertz CT molecular complexity index is 388. The third-order valence-electron chi connectivity index (χ3n) is 4.88. The summed E-state index contributed by atoms with van der Waals surface area (Å²) in [7, 11) is 0. The van der Waals surface area contributed by atoms with Crippen molar-refractivity contribution in [1.29, 1.82) is 0 Å². The molecular formula is C17H28N2O2. The molecule has 0 amide bonds. The second kappa shape index (κ2) is 7.97. The smallest absolute Gasteiger partial charge is 0.129 e. The van der Waals surface area contributed by atoms with Crippen LogP contribution in [-0.2, 0) is 11.3 Å². The van der Waals surface area contributed by atoms with Gasteiger partial charge in [0.2, 0.25) is 0 Å². The predicted octanol–water partition coefficient (Wildman–Crippen LogP) is 2.70. The van der Waals surface area contributed by atoms with E-state index >= 15 is 0 Å². The molecule has 2 heterocycles.